The van der Waals surface area contributed by atoms with E-state index < -0.39 is 0 Å². The predicted molar refractivity (Wildman–Crippen MR) is 132 cm³/mol. The van der Waals surface area contributed by atoms with Crippen molar-refractivity contribution in [2.24, 2.45) is 4.99 Å². The Balaban J connectivity index is 0.00000320. The lowest BCUT2D eigenvalue weighted by Crippen LogP contribution is -2.36. The van der Waals surface area contributed by atoms with Gasteiger partial charge in [0.2, 0.25) is 0 Å². The maximum absolute atomic E-state index is 12.1. The third kappa shape index (κ3) is 7.38. The van der Waals surface area contributed by atoms with Crippen molar-refractivity contribution in [1.82, 2.24) is 10.6 Å². The molecule has 3 aromatic rings. The minimum Gasteiger partial charge on any atom is -0.459 e. The number of halogens is 2. The zero-order chi connectivity index (χ0) is 20.5. The first-order valence-electron chi connectivity index (χ1n) is 9.34. The Hall–Kier alpha value is -2.52. The molecule has 3 rings (SSSR count). The Morgan fingerprint density at radius 3 is 2.53 bits per heavy atom. The number of carbonyl (C=O) groups is 1. The number of nitrogens with one attached hydrogen (secondary N) is 3. The molecule has 0 bridgehead atoms. The van der Waals surface area contributed by atoms with Crippen LogP contribution in [0.4, 0.5) is 5.69 Å². The standard InChI is InChI=1S/C22H23ClN4O2.HI/c1-2-24-22(25-14-16-8-10-18(23)11-9-16)26-15-17-5-3-6-19(13-17)27-21(28)20-7-4-12-29-20;/h3-13H,2,14-15H2,1H3,(H,27,28)(H2,24,25,26);1H. The molecule has 0 aliphatic rings. The van der Waals surface area contributed by atoms with Crippen LogP contribution in [-0.2, 0) is 13.1 Å². The highest BCUT2D eigenvalue weighted by Gasteiger charge is 2.08. The van der Waals surface area contributed by atoms with Crippen LogP contribution in [0, 0.1) is 0 Å². The number of benzene rings is 2. The Labute approximate surface area is 198 Å². The van der Waals surface area contributed by atoms with E-state index in [9.17, 15) is 4.79 Å². The summed E-state index contributed by atoms with van der Waals surface area (Å²) in [5, 5.41) is 10.1. The monoisotopic (exact) mass is 538 g/mol. The smallest absolute Gasteiger partial charge is 0.291 e. The number of aliphatic imine (C=N–C) groups is 1. The maximum atomic E-state index is 12.1. The van der Waals surface area contributed by atoms with Crippen LogP contribution >= 0.6 is 35.6 Å². The van der Waals surface area contributed by atoms with Gasteiger partial charge in [0.25, 0.3) is 5.91 Å². The zero-order valence-electron chi connectivity index (χ0n) is 16.5. The van der Waals surface area contributed by atoms with Crippen LogP contribution in [-0.4, -0.2) is 18.4 Å². The van der Waals surface area contributed by atoms with Crippen LogP contribution in [0.3, 0.4) is 0 Å². The van der Waals surface area contributed by atoms with Gasteiger partial charge in [-0.25, -0.2) is 4.99 Å². The minimum absolute atomic E-state index is 0. The van der Waals surface area contributed by atoms with Crippen molar-refractivity contribution >= 4 is 53.1 Å². The van der Waals surface area contributed by atoms with Gasteiger partial charge in [0.15, 0.2) is 11.7 Å². The van der Waals surface area contributed by atoms with Crippen molar-refractivity contribution in [1.29, 1.82) is 0 Å². The number of nitrogens with zero attached hydrogens (tertiary/aromatic N) is 1. The molecule has 3 N–H and O–H groups in total. The number of furan rings is 1. The van der Waals surface area contributed by atoms with E-state index in [2.05, 4.69) is 20.9 Å². The second kappa shape index (κ2) is 12.2. The van der Waals surface area contributed by atoms with E-state index >= 15 is 0 Å². The van der Waals surface area contributed by atoms with Crippen molar-refractivity contribution in [3.63, 3.8) is 0 Å². The number of guanidine groups is 1. The van der Waals surface area contributed by atoms with Crippen molar-refractivity contribution in [2.45, 2.75) is 20.0 Å². The molecule has 30 heavy (non-hydrogen) atoms. The SMILES string of the molecule is CCNC(=NCc1cccc(NC(=O)c2ccco2)c1)NCc1ccc(Cl)cc1.I. The average Bonchev–Trinajstić information content (AvgIpc) is 3.27. The van der Waals surface area contributed by atoms with Crippen LogP contribution in [0.25, 0.3) is 0 Å². The fraction of sp³-hybridized carbons (Fsp3) is 0.182. The molecule has 0 aliphatic carbocycles. The fourth-order valence-corrected chi connectivity index (χ4v) is 2.77. The molecule has 0 spiro atoms. The topological polar surface area (TPSA) is 78.7 Å². The fourth-order valence-electron chi connectivity index (χ4n) is 2.65. The summed E-state index contributed by atoms with van der Waals surface area (Å²) in [6.45, 7) is 3.89. The molecule has 0 atom stereocenters. The van der Waals surface area contributed by atoms with Gasteiger partial charge < -0.3 is 20.4 Å². The lowest BCUT2D eigenvalue weighted by molar-refractivity contribution is 0.0996. The molecule has 8 heteroatoms. The van der Waals surface area contributed by atoms with Crippen LogP contribution in [0.15, 0.2) is 76.3 Å². The van der Waals surface area contributed by atoms with E-state index in [1.807, 2.05) is 55.5 Å². The van der Waals surface area contributed by atoms with Gasteiger partial charge in [-0.2, -0.15) is 0 Å². The number of amides is 1. The largest absolute Gasteiger partial charge is 0.459 e. The second-order valence-corrected chi connectivity index (χ2v) is 6.74. The third-order valence-electron chi connectivity index (χ3n) is 4.07. The summed E-state index contributed by atoms with van der Waals surface area (Å²) in [6, 6.07) is 18.6. The van der Waals surface area contributed by atoms with Gasteiger partial charge >= 0.3 is 0 Å². The number of hydrogen-bond donors (Lipinski definition) is 3. The van der Waals surface area contributed by atoms with Crippen LogP contribution in [0.2, 0.25) is 5.02 Å². The molecule has 2 aromatic carbocycles. The average molecular weight is 539 g/mol. The third-order valence-corrected chi connectivity index (χ3v) is 4.32. The molecule has 0 aliphatic heterocycles. The number of anilines is 1. The van der Waals surface area contributed by atoms with Gasteiger partial charge in [0.1, 0.15) is 0 Å². The van der Waals surface area contributed by atoms with Gasteiger partial charge in [0.05, 0.1) is 12.8 Å². The Bertz CT molecular complexity index is 960. The summed E-state index contributed by atoms with van der Waals surface area (Å²) in [4.78, 5) is 16.7. The van der Waals surface area contributed by atoms with Gasteiger partial charge in [-0.05, 0) is 54.4 Å². The molecule has 0 saturated heterocycles. The van der Waals surface area contributed by atoms with Crippen LogP contribution in [0.5, 0.6) is 0 Å². The summed E-state index contributed by atoms with van der Waals surface area (Å²) in [6.07, 6.45) is 1.47. The number of rotatable bonds is 7. The van der Waals surface area contributed by atoms with Gasteiger partial charge in [-0.1, -0.05) is 35.9 Å². The van der Waals surface area contributed by atoms with E-state index in [1.165, 1.54) is 6.26 Å². The molecular weight excluding hydrogens is 515 g/mol. The van der Waals surface area contributed by atoms with Crippen LogP contribution in [0.1, 0.15) is 28.6 Å². The van der Waals surface area contributed by atoms with Crippen molar-refractivity contribution in [3.05, 3.63) is 88.8 Å². The first-order valence-corrected chi connectivity index (χ1v) is 9.72. The number of hydrogen-bond acceptors (Lipinski definition) is 3. The molecule has 1 amide bonds. The zero-order valence-corrected chi connectivity index (χ0v) is 19.6. The Morgan fingerprint density at radius 2 is 1.83 bits per heavy atom. The maximum Gasteiger partial charge on any atom is 0.291 e. The number of carbonyl (C=O) groups excluding carboxylic acids is 1. The second-order valence-electron chi connectivity index (χ2n) is 6.31. The molecular formula is C22H24ClIN4O2. The van der Waals surface area contributed by atoms with Crippen molar-refractivity contribution < 1.29 is 9.21 Å². The van der Waals surface area contributed by atoms with Gasteiger partial charge in [-0.15, -0.1) is 24.0 Å². The molecule has 0 saturated carbocycles. The Morgan fingerprint density at radius 1 is 1.03 bits per heavy atom. The first-order chi connectivity index (χ1) is 14.1. The van der Waals surface area contributed by atoms with Gasteiger partial charge in [0, 0.05) is 23.8 Å². The summed E-state index contributed by atoms with van der Waals surface area (Å²) in [7, 11) is 0. The van der Waals surface area contributed by atoms with E-state index in [-0.39, 0.29) is 35.6 Å². The lowest BCUT2D eigenvalue weighted by atomic mass is 10.2. The molecule has 158 valence electrons. The highest BCUT2D eigenvalue weighted by atomic mass is 127. The van der Waals surface area contributed by atoms with Crippen molar-refractivity contribution in [3.8, 4) is 0 Å². The normalized spacial score (nSPS) is 10.8. The molecule has 1 aromatic heterocycles. The van der Waals surface area contributed by atoms with E-state index in [0.29, 0.717) is 29.8 Å². The van der Waals surface area contributed by atoms with E-state index in [4.69, 9.17) is 16.0 Å². The minimum atomic E-state index is -0.284. The van der Waals surface area contributed by atoms with Crippen molar-refractivity contribution in [2.75, 3.05) is 11.9 Å². The summed E-state index contributed by atoms with van der Waals surface area (Å²) in [5.41, 5.74) is 2.78. The molecule has 6 nitrogen and oxygen atoms in total. The highest BCUT2D eigenvalue weighted by Crippen LogP contribution is 2.14. The van der Waals surface area contributed by atoms with E-state index in [1.54, 1.807) is 12.1 Å². The molecule has 0 fully saturated rings. The Kier molecular flexibility index (Phi) is 9.69. The molecule has 0 radical (unpaired) electrons. The lowest BCUT2D eigenvalue weighted by Gasteiger charge is -2.12. The molecule has 0 unspecified atom stereocenters. The van der Waals surface area contributed by atoms with Gasteiger partial charge in [-0.3, -0.25) is 4.79 Å². The summed E-state index contributed by atoms with van der Waals surface area (Å²) >= 11 is 5.93. The summed E-state index contributed by atoms with van der Waals surface area (Å²) in [5.74, 6) is 0.704. The summed E-state index contributed by atoms with van der Waals surface area (Å²) < 4.78 is 5.12. The quantitative estimate of drug-likeness (QED) is 0.223. The predicted octanol–water partition coefficient (Wildman–Crippen LogP) is 5.06. The first kappa shape index (κ1) is 23.8. The highest BCUT2D eigenvalue weighted by molar-refractivity contribution is 14.0. The van der Waals surface area contributed by atoms with E-state index in [0.717, 1.165) is 17.7 Å². The molecule has 1 heterocycles. The van der Waals surface area contributed by atoms with Crippen LogP contribution < -0.4 is 16.0 Å².